The highest BCUT2D eigenvalue weighted by atomic mass is 19.2. The molecule has 0 fully saturated rings. The van der Waals surface area contributed by atoms with Crippen molar-refractivity contribution in [3.05, 3.63) is 35.1 Å². The second-order valence-corrected chi connectivity index (χ2v) is 2.43. The minimum Gasteiger partial charge on any atom is -0.411 e. The van der Waals surface area contributed by atoms with E-state index in [1.165, 1.54) is 6.92 Å². The van der Waals surface area contributed by atoms with Crippen molar-refractivity contribution in [1.82, 2.24) is 0 Å². The SMILES string of the molecule is C/C(=N/O)c1cc(F)c(F)cc1F. The van der Waals surface area contributed by atoms with Crippen molar-refractivity contribution >= 4 is 5.71 Å². The molecule has 0 aliphatic heterocycles. The van der Waals surface area contributed by atoms with Gasteiger partial charge in [0.2, 0.25) is 0 Å². The van der Waals surface area contributed by atoms with Crippen molar-refractivity contribution in [2.75, 3.05) is 0 Å². The summed E-state index contributed by atoms with van der Waals surface area (Å²) < 4.78 is 37.9. The van der Waals surface area contributed by atoms with Crippen molar-refractivity contribution in [1.29, 1.82) is 0 Å². The molecule has 0 unspecified atom stereocenters. The molecule has 0 saturated carbocycles. The van der Waals surface area contributed by atoms with Gasteiger partial charge in [-0.25, -0.2) is 13.2 Å². The summed E-state index contributed by atoms with van der Waals surface area (Å²) in [5, 5.41) is 11.0. The highest BCUT2D eigenvalue weighted by Crippen LogP contribution is 2.14. The third-order valence-electron chi connectivity index (χ3n) is 1.55. The van der Waals surface area contributed by atoms with E-state index in [0.29, 0.717) is 12.1 Å². The van der Waals surface area contributed by atoms with Crippen LogP contribution in [-0.2, 0) is 0 Å². The Morgan fingerprint density at radius 2 is 1.69 bits per heavy atom. The molecule has 2 nitrogen and oxygen atoms in total. The van der Waals surface area contributed by atoms with Gasteiger partial charge in [0.1, 0.15) is 5.82 Å². The predicted molar refractivity (Wildman–Crippen MR) is 40.3 cm³/mol. The Balaban J connectivity index is 3.32. The first-order valence-electron chi connectivity index (χ1n) is 3.40. The highest BCUT2D eigenvalue weighted by molar-refractivity contribution is 5.98. The zero-order chi connectivity index (χ0) is 10.0. The Labute approximate surface area is 72.3 Å². The molecular formula is C8H6F3NO. The Morgan fingerprint density at radius 1 is 1.15 bits per heavy atom. The number of benzene rings is 1. The van der Waals surface area contributed by atoms with E-state index >= 15 is 0 Å². The molecule has 5 heteroatoms. The van der Waals surface area contributed by atoms with Gasteiger partial charge in [-0.1, -0.05) is 5.16 Å². The lowest BCUT2D eigenvalue weighted by atomic mass is 10.1. The van der Waals surface area contributed by atoms with Gasteiger partial charge in [0.25, 0.3) is 0 Å². The lowest BCUT2D eigenvalue weighted by Crippen LogP contribution is -2.01. The summed E-state index contributed by atoms with van der Waals surface area (Å²) in [6.07, 6.45) is 0. The molecule has 0 atom stereocenters. The van der Waals surface area contributed by atoms with Crippen LogP contribution in [0.4, 0.5) is 13.2 Å². The molecule has 0 heterocycles. The molecule has 1 aromatic rings. The third-order valence-corrected chi connectivity index (χ3v) is 1.55. The van der Waals surface area contributed by atoms with E-state index in [0.717, 1.165) is 0 Å². The van der Waals surface area contributed by atoms with Crippen LogP contribution in [0.1, 0.15) is 12.5 Å². The maximum atomic E-state index is 12.9. The third kappa shape index (κ3) is 1.80. The summed E-state index contributed by atoms with van der Waals surface area (Å²) in [6.45, 7) is 1.27. The van der Waals surface area contributed by atoms with Crippen molar-refractivity contribution < 1.29 is 18.4 Å². The molecule has 13 heavy (non-hydrogen) atoms. The number of nitrogens with zero attached hydrogens (tertiary/aromatic N) is 1. The minimum atomic E-state index is -1.27. The van der Waals surface area contributed by atoms with E-state index in [4.69, 9.17) is 5.21 Å². The predicted octanol–water partition coefficient (Wildman–Crippen LogP) is 2.30. The van der Waals surface area contributed by atoms with Crippen LogP contribution in [0.2, 0.25) is 0 Å². The monoisotopic (exact) mass is 189 g/mol. The number of rotatable bonds is 1. The maximum absolute atomic E-state index is 12.9. The molecule has 0 aliphatic rings. The molecule has 0 aliphatic carbocycles. The number of oxime groups is 1. The van der Waals surface area contributed by atoms with Crippen LogP contribution in [0.3, 0.4) is 0 Å². The van der Waals surface area contributed by atoms with Gasteiger partial charge in [0.05, 0.1) is 5.71 Å². The zero-order valence-corrected chi connectivity index (χ0v) is 6.68. The van der Waals surface area contributed by atoms with E-state index in [1.807, 2.05) is 0 Å². The van der Waals surface area contributed by atoms with Crippen molar-refractivity contribution in [2.24, 2.45) is 5.16 Å². The van der Waals surface area contributed by atoms with Crippen molar-refractivity contribution in [3.63, 3.8) is 0 Å². The first-order chi connectivity index (χ1) is 6.06. The molecule has 1 aromatic carbocycles. The number of hydrogen-bond acceptors (Lipinski definition) is 2. The molecule has 0 amide bonds. The normalized spacial score (nSPS) is 11.8. The molecule has 0 radical (unpaired) electrons. The van der Waals surface area contributed by atoms with Crippen LogP contribution < -0.4 is 0 Å². The second-order valence-electron chi connectivity index (χ2n) is 2.43. The van der Waals surface area contributed by atoms with Crippen LogP contribution in [0.15, 0.2) is 17.3 Å². The summed E-state index contributed by atoms with van der Waals surface area (Å²) in [5.41, 5.74) is -0.377. The molecule has 0 aromatic heterocycles. The average molecular weight is 189 g/mol. The summed E-state index contributed by atoms with van der Waals surface area (Å²) in [6, 6.07) is 1.04. The minimum absolute atomic E-state index is 0.114. The first-order valence-corrected chi connectivity index (χ1v) is 3.40. The molecule has 1 rings (SSSR count). The smallest absolute Gasteiger partial charge is 0.161 e. The van der Waals surface area contributed by atoms with Crippen molar-refractivity contribution in [3.8, 4) is 0 Å². The lowest BCUT2D eigenvalue weighted by Gasteiger charge is -2.01. The van der Waals surface area contributed by atoms with Crippen LogP contribution in [0, 0.1) is 17.5 Å². The maximum Gasteiger partial charge on any atom is 0.161 e. The van der Waals surface area contributed by atoms with Crippen LogP contribution in [-0.4, -0.2) is 10.9 Å². The van der Waals surface area contributed by atoms with E-state index in [9.17, 15) is 13.2 Å². The van der Waals surface area contributed by atoms with Gasteiger partial charge in [0, 0.05) is 11.6 Å². The number of hydrogen-bond donors (Lipinski definition) is 1. The fraction of sp³-hybridized carbons (Fsp3) is 0.125. The van der Waals surface area contributed by atoms with Gasteiger partial charge in [-0.2, -0.15) is 0 Å². The van der Waals surface area contributed by atoms with E-state index < -0.39 is 17.5 Å². The zero-order valence-electron chi connectivity index (χ0n) is 6.68. The topological polar surface area (TPSA) is 32.6 Å². The van der Waals surface area contributed by atoms with Crippen LogP contribution in [0.25, 0.3) is 0 Å². The van der Waals surface area contributed by atoms with Gasteiger partial charge in [-0.15, -0.1) is 0 Å². The van der Waals surface area contributed by atoms with E-state index in [1.54, 1.807) is 0 Å². The van der Waals surface area contributed by atoms with Crippen LogP contribution >= 0.6 is 0 Å². The Kier molecular flexibility index (Phi) is 2.55. The second kappa shape index (κ2) is 3.47. The average Bonchev–Trinajstić information content (AvgIpc) is 2.10. The Hall–Kier alpha value is -1.52. The summed E-state index contributed by atoms with van der Waals surface area (Å²) >= 11 is 0. The summed E-state index contributed by atoms with van der Waals surface area (Å²) in [5.74, 6) is -3.42. The Morgan fingerprint density at radius 3 is 2.23 bits per heavy atom. The fourth-order valence-corrected chi connectivity index (χ4v) is 0.854. The fourth-order valence-electron chi connectivity index (χ4n) is 0.854. The van der Waals surface area contributed by atoms with Gasteiger partial charge < -0.3 is 5.21 Å². The number of halogens is 3. The van der Waals surface area contributed by atoms with Gasteiger partial charge in [-0.3, -0.25) is 0 Å². The summed E-state index contributed by atoms with van der Waals surface area (Å²) in [7, 11) is 0. The molecule has 70 valence electrons. The van der Waals surface area contributed by atoms with E-state index in [2.05, 4.69) is 5.16 Å². The quantitative estimate of drug-likeness (QED) is 0.312. The van der Waals surface area contributed by atoms with Gasteiger partial charge >= 0.3 is 0 Å². The molecule has 1 N–H and O–H groups in total. The van der Waals surface area contributed by atoms with Crippen LogP contribution in [0.5, 0.6) is 0 Å². The Bertz CT molecular complexity index is 363. The largest absolute Gasteiger partial charge is 0.411 e. The lowest BCUT2D eigenvalue weighted by molar-refractivity contribution is 0.318. The molecular weight excluding hydrogens is 183 g/mol. The standard InChI is InChI=1S/C8H6F3NO/c1-4(12-13)5-2-7(10)8(11)3-6(5)9/h2-3,13H,1H3/b12-4-. The molecule has 0 bridgehead atoms. The first kappa shape index (κ1) is 9.57. The van der Waals surface area contributed by atoms with Gasteiger partial charge in [-0.05, 0) is 13.0 Å². The van der Waals surface area contributed by atoms with Gasteiger partial charge in [0.15, 0.2) is 11.6 Å². The highest BCUT2D eigenvalue weighted by Gasteiger charge is 2.11. The van der Waals surface area contributed by atoms with E-state index in [-0.39, 0.29) is 11.3 Å². The molecule has 0 saturated heterocycles. The molecule has 0 spiro atoms. The van der Waals surface area contributed by atoms with Crippen molar-refractivity contribution in [2.45, 2.75) is 6.92 Å². The summed E-state index contributed by atoms with van der Waals surface area (Å²) in [4.78, 5) is 0.